The monoisotopic (exact) mass is 348 g/mol. The molecule has 1 aromatic heterocycles. The molecule has 122 valence electrons. The van der Waals surface area contributed by atoms with Gasteiger partial charge in [-0.25, -0.2) is 0 Å². The van der Waals surface area contributed by atoms with Crippen molar-refractivity contribution in [1.82, 2.24) is 10.6 Å². The molecule has 0 unspecified atom stereocenters. The summed E-state index contributed by atoms with van der Waals surface area (Å²) < 4.78 is 0. The van der Waals surface area contributed by atoms with E-state index in [-0.39, 0.29) is 18.3 Å². The van der Waals surface area contributed by atoms with Crippen molar-refractivity contribution in [1.29, 1.82) is 0 Å². The van der Waals surface area contributed by atoms with E-state index in [4.69, 9.17) is 0 Å². The van der Waals surface area contributed by atoms with Crippen LogP contribution in [0.1, 0.15) is 21.7 Å². The predicted octanol–water partition coefficient (Wildman–Crippen LogP) is 3.79. The fraction of sp³-hybridized carbons (Fsp3) is 0.278. The van der Waals surface area contributed by atoms with Crippen molar-refractivity contribution < 1.29 is 4.79 Å². The molecule has 0 atom stereocenters. The molecule has 3 rings (SSSR count). The third-order valence-corrected chi connectivity index (χ3v) is 4.78. The van der Waals surface area contributed by atoms with Gasteiger partial charge in [-0.15, -0.1) is 23.7 Å². The Morgan fingerprint density at radius 1 is 1.26 bits per heavy atom. The summed E-state index contributed by atoms with van der Waals surface area (Å²) >= 11 is 1.50. The number of benzene rings is 1. The molecule has 23 heavy (non-hydrogen) atoms. The van der Waals surface area contributed by atoms with Crippen LogP contribution in [-0.2, 0) is 0 Å². The van der Waals surface area contributed by atoms with Gasteiger partial charge >= 0.3 is 0 Å². The highest BCUT2D eigenvalue weighted by atomic mass is 35.5. The zero-order valence-electron chi connectivity index (χ0n) is 13.1. The molecule has 5 heteroatoms. The Hall–Kier alpha value is -1.62. The number of nitrogens with one attached hydrogen (secondary N) is 2. The first-order valence-electron chi connectivity index (χ1n) is 7.55. The molecule has 2 aromatic rings. The van der Waals surface area contributed by atoms with E-state index in [2.05, 4.69) is 47.9 Å². The van der Waals surface area contributed by atoms with Gasteiger partial charge in [-0.3, -0.25) is 4.79 Å². The highest BCUT2D eigenvalue weighted by Crippen LogP contribution is 2.28. The molecular weight excluding hydrogens is 328 g/mol. The van der Waals surface area contributed by atoms with Crippen molar-refractivity contribution in [2.24, 2.45) is 0 Å². The van der Waals surface area contributed by atoms with Crippen LogP contribution in [0.3, 0.4) is 0 Å². The van der Waals surface area contributed by atoms with Crippen molar-refractivity contribution >= 4 is 29.7 Å². The molecule has 1 aliphatic rings. The Kier molecular flexibility index (Phi) is 6.39. The van der Waals surface area contributed by atoms with E-state index in [0.29, 0.717) is 6.54 Å². The molecule has 1 amide bonds. The highest BCUT2D eigenvalue weighted by Gasteiger charge is 2.15. The molecular formula is C18H21ClN2OS. The Morgan fingerprint density at radius 2 is 2.04 bits per heavy atom. The largest absolute Gasteiger partial charge is 0.348 e. The SMILES string of the molecule is Cc1ccc(-c2ccsc2C(=O)NCC2=CCNCC2)cc1.Cl. The minimum atomic E-state index is 0. The lowest BCUT2D eigenvalue weighted by molar-refractivity contribution is 0.0961. The molecule has 1 aromatic carbocycles. The van der Waals surface area contributed by atoms with E-state index in [1.165, 1.54) is 22.5 Å². The summed E-state index contributed by atoms with van der Waals surface area (Å²) in [5.41, 5.74) is 4.64. The van der Waals surface area contributed by atoms with Crippen molar-refractivity contribution in [3.8, 4) is 11.1 Å². The van der Waals surface area contributed by atoms with Crippen LogP contribution in [-0.4, -0.2) is 25.5 Å². The first kappa shape index (κ1) is 17.7. The van der Waals surface area contributed by atoms with Gasteiger partial charge in [-0.1, -0.05) is 41.5 Å². The van der Waals surface area contributed by atoms with E-state index >= 15 is 0 Å². The van der Waals surface area contributed by atoms with Crippen LogP contribution in [0.2, 0.25) is 0 Å². The zero-order chi connectivity index (χ0) is 15.4. The van der Waals surface area contributed by atoms with Crippen LogP contribution in [0.15, 0.2) is 47.4 Å². The van der Waals surface area contributed by atoms with Crippen LogP contribution in [0, 0.1) is 6.92 Å². The van der Waals surface area contributed by atoms with Gasteiger partial charge in [0.05, 0.1) is 4.88 Å². The van der Waals surface area contributed by atoms with E-state index < -0.39 is 0 Å². The molecule has 3 nitrogen and oxygen atoms in total. The Bertz CT molecular complexity index is 691. The maximum Gasteiger partial charge on any atom is 0.262 e. The standard InChI is InChI=1S/C18H20N2OS.ClH/c1-13-2-4-15(5-3-13)16-8-11-22-17(16)18(21)20-12-14-6-9-19-10-7-14;/h2-6,8,11,19H,7,9-10,12H2,1H3,(H,20,21);1H. The zero-order valence-corrected chi connectivity index (χ0v) is 14.7. The van der Waals surface area contributed by atoms with Gasteiger partial charge in [0.25, 0.3) is 5.91 Å². The Balaban J connectivity index is 0.00000192. The second-order valence-electron chi connectivity index (χ2n) is 5.53. The maximum absolute atomic E-state index is 12.5. The number of aryl methyl sites for hydroxylation is 1. The van der Waals surface area contributed by atoms with Gasteiger partial charge < -0.3 is 10.6 Å². The van der Waals surface area contributed by atoms with Crippen molar-refractivity contribution in [2.75, 3.05) is 19.6 Å². The number of thiophene rings is 1. The van der Waals surface area contributed by atoms with Gasteiger partial charge in [-0.05, 0) is 36.9 Å². The summed E-state index contributed by atoms with van der Waals surface area (Å²) in [7, 11) is 0. The van der Waals surface area contributed by atoms with E-state index in [0.717, 1.165) is 35.5 Å². The minimum Gasteiger partial charge on any atom is -0.348 e. The lowest BCUT2D eigenvalue weighted by Crippen LogP contribution is -2.29. The smallest absolute Gasteiger partial charge is 0.262 e. The van der Waals surface area contributed by atoms with Crippen LogP contribution in [0.4, 0.5) is 0 Å². The summed E-state index contributed by atoms with van der Waals surface area (Å²) in [6.07, 6.45) is 3.18. The first-order valence-corrected chi connectivity index (χ1v) is 8.43. The molecule has 0 saturated heterocycles. The lowest BCUT2D eigenvalue weighted by Gasteiger charge is -2.14. The van der Waals surface area contributed by atoms with Crippen molar-refractivity contribution in [3.05, 3.63) is 57.8 Å². The van der Waals surface area contributed by atoms with E-state index in [1.54, 1.807) is 0 Å². The van der Waals surface area contributed by atoms with Crippen LogP contribution in [0.5, 0.6) is 0 Å². The van der Waals surface area contributed by atoms with Gasteiger partial charge in [0, 0.05) is 18.7 Å². The predicted molar refractivity (Wildman–Crippen MR) is 99.6 cm³/mol. The van der Waals surface area contributed by atoms with E-state index in [1.807, 2.05) is 11.4 Å². The summed E-state index contributed by atoms with van der Waals surface area (Å²) in [4.78, 5) is 13.3. The molecule has 0 spiro atoms. The fourth-order valence-electron chi connectivity index (χ4n) is 2.55. The third-order valence-electron chi connectivity index (χ3n) is 3.87. The topological polar surface area (TPSA) is 41.1 Å². The number of amides is 1. The van der Waals surface area contributed by atoms with Crippen LogP contribution in [0.25, 0.3) is 11.1 Å². The van der Waals surface area contributed by atoms with Gasteiger partial charge in [0.2, 0.25) is 0 Å². The summed E-state index contributed by atoms with van der Waals surface area (Å²) in [5, 5.41) is 8.31. The molecule has 2 heterocycles. The number of carbonyl (C=O) groups is 1. The number of rotatable bonds is 4. The summed E-state index contributed by atoms with van der Waals surface area (Å²) in [5.74, 6) is 0.0185. The molecule has 0 saturated carbocycles. The van der Waals surface area contributed by atoms with Crippen molar-refractivity contribution in [2.45, 2.75) is 13.3 Å². The highest BCUT2D eigenvalue weighted by molar-refractivity contribution is 7.12. The maximum atomic E-state index is 12.5. The molecule has 1 aliphatic heterocycles. The summed E-state index contributed by atoms with van der Waals surface area (Å²) in [6, 6.07) is 10.3. The van der Waals surface area contributed by atoms with Gasteiger partial charge in [0.15, 0.2) is 0 Å². The van der Waals surface area contributed by atoms with E-state index in [9.17, 15) is 4.79 Å². The Labute approximate surface area is 147 Å². The average molecular weight is 349 g/mol. The first-order chi connectivity index (χ1) is 10.7. The molecule has 0 aliphatic carbocycles. The molecule has 2 N–H and O–H groups in total. The van der Waals surface area contributed by atoms with Gasteiger partial charge in [-0.2, -0.15) is 0 Å². The average Bonchev–Trinajstić information content (AvgIpc) is 3.04. The molecule has 0 fully saturated rings. The number of carbonyl (C=O) groups excluding carboxylic acids is 1. The minimum absolute atomic E-state index is 0. The molecule has 0 radical (unpaired) electrons. The van der Waals surface area contributed by atoms with Crippen molar-refractivity contribution in [3.63, 3.8) is 0 Å². The van der Waals surface area contributed by atoms with Crippen LogP contribution >= 0.6 is 23.7 Å². The fourth-order valence-corrected chi connectivity index (χ4v) is 3.38. The van der Waals surface area contributed by atoms with Crippen LogP contribution < -0.4 is 10.6 Å². The Morgan fingerprint density at radius 3 is 2.74 bits per heavy atom. The van der Waals surface area contributed by atoms with Gasteiger partial charge in [0.1, 0.15) is 0 Å². The molecule has 0 bridgehead atoms. The quantitative estimate of drug-likeness (QED) is 0.825. The number of halogens is 1. The number of hydrogen-bond donors (Lipinski definition) is 2. The second kappa shape index (κ2) is 8.29. The lowest BCUT2D eigenvalue weighted by atomic mass is 10.0. The summed E-state index contributed by atoms with van der Waals surface area (Å²) in [6.45, 7) is 4.61. The normalized spacial score (nSPS) is 13.9. The number of hydrogen-bond acceptors (Lipinski definition) is 3. The third kappa shape index (κ3) is 4.44. The second-order valence-corrected chi connectivity index (χ2v) is 6.44.